The first kappa shape index (κ1) is 24.8. The van der Waals surface area contributed by atoms with Gasteiger partial charge in [0.25, 0.3) is 20.0 Å². The van der Waals surface area contributed by atoms with Crippen molar-refractivity contribution in [2.45, 2.75) is 18.2 Å². The molecular weight excluding hydrogens is 539 g/mol. The fourth-order valence-electron chi connectivity index (χ4n) is 3.14. The molecule has 2 N–H and O–H groups in total. The number of hydrogen-bond acceptors (Lipinski definition) is 7. The number of thioether (sulfide) groups is 1. The van der Waals surface area contributed by atoms with Crippen LogP contribution in [-0.2, 0) is 20.0 Å². The lowest BCUT2D eigenvalue weighted by atomic mass is 10.1. The molecule has 0 fully saturated rings. The summed E-state index contributed by atoms with van der Waals surface area (Å²) in [6.07, 6.45) is 3.82. The molecule has 3 aromatic rings. The first-order valence-electron chi connectivity index (χ1n) is 9.83. The highest BCUT2D eigenvalue weighted by molar-refractivity contribution is 8.19. The minimum atomic E-state index is -4.13. The maximum atomic E-state index is 13.2. The summed E-state index contributed by atoms with van der Waals surface area (Å²) in [6, 6.07) is 10.4. The Morgan fingerprint density at radius 3 is 2.24 bits per heavy atom. The molecule has 1 aliphatic rings. The van der Waals surface area contributed by atoms with Crippen molar-refractivity contribution in [1.29, 1.82) is 0 Å². The van der Waals surface area contributed by atoms with E-state index in [1.54, 1.807) is 37.4 Å². The molecule has 13 heteroatoms. The van der Waals surface area contributed by atoms with Crippen LogP contribution in [0.15, 0.2) is 63.9 Å². The number of benzene rings is 2. The summed E-state index contributed by atoms with van der Waals surface area (Å²) in [5, 5.41) is 0.124. The highest BCUT2D eigenvalue weighted by atomic mass is 35.5. The Balaban J connectivity index is 1.69. The van der Waals surface area contributed by atoms with E-state index < -0.39 is 20.0 Å². The van der Waals surface area contributed by atoms with E-state index >= 15 is 0 Å². The molecule has 1 aromatic heterocycles. The molecule has 0 saturated carbocycles. The average Bonchev–Trinajstić information content (AvgIpc) is 3.33. The predicted octanol–water partition coefficient (Wildman–Crippen LogP) is 5.28. The van der Waals surface area contributed by atoms with E-state index in [2.05, 4.69) is 19.4 Å². The number of halogens is 2. The van der Waals surface area contributed by atoms with E-state index in [0.717, 1.165) is 0 Å². The standard InChI is InChI=1S/C21H18Cl2N4O4S3/c1-13-24-8-7-18(25-13)14-4-2-5-15(10-14)33(28,29)26-19-11-16(22)17(23)12-20(19)27-34(30,31)21-6-3-9-32-21/h2,4-8,10-12,26-27H,3,9H2,1H3. The van der Waals surface area contributed by atoms with Gasteiger partial charge in [0.2, 0.25) is 0 Å². The number of nitrogens with zero attached hydrogens (tertiary/aromatic N) is 2. The SMILES string of the molecule is Cc1nccc(-c2cccc(S(=O)(=O)Nc3cc(Cl)c(Cl)cc3NS(=O)(=O)C3=CCCS3)c2)n1. The van der Waals surface area contributed by atoms with Gasteiger partial charge in [-0.2, -0.15) is 0 Å². The lowest BCUT2D eigenvalue weighted by Crippen LogP contribution is -2.18. The second-order valence-corrected chi connectivity index (χ2v) is 12.7. The first-order chi connectivity index (χ1) is 16.0. The third kappa shape index (κ3) is 5.49. The highest BCUT2D eigenvalue weighted by Gasteiger charge is 2.25. The molecule has 2 heterocycles. The lowest BCUT2D eigenvalue weighted by Gasteiger charge is -2.16. The molecule has 0 spiro atoms. The van der Waals surface area contributed by atoms with Crippen molar-refractivity contribution >= 4 is 66.4 Å². The average molecular weight is 558 g/mol. The molecule has 0 atom stereocenters. The van der Waals surface area contributed by atoms with Gasteiger partial charge < -0.3 is 0 Å². The van der Waals surface area contributed by atoms with Crippen LogP contribution in [0.25, 0.3) is 11.3 Å². The Morgan fingerprint density at radius 2 is 1.62 bits per heavy atom. The van der Waals surface area contributed by atoms with Gasteiger partial charge in [0.05, 0.1) is 32.0 Å². The highest BCUT2D eigenvalue weighted by Crippen LogP contribution is 2.37. The number of anilines is 2. The van der Waals surface area contributed by atoms with Gasteiger partial charge in [-0.05, 0) is 43.7 Å². The summed E-state index contributed by atoms with van der Waals surface area (Å²) in [4.78, 5) is 8.32. The van der Waals surface area contributed by atoms with E-state index in [-0.39, 0.29) is 30.6 Å². The topological polar surface area (TPSA) is 118 Å². The van der Waals surface area contributed by atoms with E-state index in [1.807, 2.05) is 0 Å². The molecule has 0 bridgehead atoms. The van der Waals surface area contributed by atoms with Crippen molar-refractivity contribution in [3.8, 4) is 11.3 Å². The van der Waals surface area contributed by atoms with Crippen molar-refractivity contribution in [3.63, 3.8) is 0 Å². The number of nitrogens with one attached hydrogen (secondary N) is 2. The van der Waals surface area contributed by atoms with Crippen molar-refractivity contribution < 1.29 is 16.8 Å². The van der Waals surface area contributed by atoms with Crippen molar-refractivity contribution in [3.05, 3.63) is 74.8 Å². The van der Waals surface area contributed by atoms with Crippen molar-refractivity contribution in [1.82, 2.24) is 9.97 Å². The number of sulfonamides is 2. The smallest absolute Gasteiger partial charge is 0.267 e. The maximum Gasteiger partial charge on any atom is 0.267 e. The third-order valence-electron chi connectivity index (χ3n) is 4.70. The normalized spacial score (nSPS) is 14.0. The molecule has 0 saturated heterocycles. The molecule has 0 radical (unpaired) electrons. The quantitative estimate of drug-likeness (QED) is 0.406. The van der Waals surface area contributed by atoms with Crippen LogP contribution >= 0.6 is 35.0 Å². The van der Waals surface area contributed by atoms with Crippen LogP contribution in [0.5, 0.6) is 0 Å². The number of rotatable bonds is 7. The van der Waals surface area contributed by atoms with Gasteiger partial charge in [-0.15, -0.1) is 11.8 Å². The van der Waals surface area contributed by atoms with Gasteiger partial charge in [-0.1, -0.05) is 41.4 Å². The molecule has 0 unspecified atom stereocenters. The minimum absolute atomic E-state index is 0.0461. The molecule has 4 rings (SSSR count). The minimum Gasteiger partial charge on any atom is -0.277 e. The fraction of sp³-hybridized carbons (Fsp3) is 0.143. The number of aromatic nitrogens is 2. The fourth-order valence-corrected chi connectivity index (χ4v) is 7.14. The third-order valence-corrected chi connectivity index (χ3v) is 9.88. The predicted molar refractivity (Wildman–Crippen MR) is 137 cm³/mol. The summed E-state index contributed by atoms with van der Waals surface area (Å²) in [7, 11) is -8.04. The van der Waals surface area contributed by atoms with Crippen LogP contribution < -0.4 is 9.44 Å². The molecule has 1 aliphatic heterocycles. The maximum absolute atomic E-state index is 13.2. The van der Waals surface area contributed by atoms with Crippen LogP contribution in [0.2, 0.25) is 10.0 Å². The zero-order valence-electron chi connectivity index (χ0n) is 17.6. The summed E-state index contributed by atoms with van der Waals surface area (Å²) in [5.41, 5.74) is 1.03. The summed E-state index contributed by atoms with van der Waals surface area (Å²) < 4.78 is 56.9. The number of aryl methyl sites for hydroxylation is 1. The second-order valence-electron chi connectivity index (χ2n) is 7.20. The molecule has 34 heavy (non-hydrogen) atoms. The van der Waals surface area contributed by atoms with Crippen molar-refractivity contribution in [2.24, 2.45) is 0 Å². The number of allylic oxidation sites excluding steroid dienone is 1. The molecule has 0 aliphatic carbocycles. The summed E-state index contributed by atoms with van der Waals surface area (Å²) in [5.74, 6) is 1.20. The Bertz CT molecular complexity index is 1510. The van der Waals surface area contributed by atoms with Gasteiger partial charge in [0, 0.05) is 17.5 Å². The Morgan fingerprint density at radius 1 is 0.941 bits per heavy atom. The van der Waals surface area contributed by atoms with E-state index in [0.29, 0.717) is 29.3 Å². The zero-order chi connectivity index (χ0) is 24.5. The monoisotopic (exact) mass is 556 g/mol. The summed E-state index contributed by atoms with van der Waals surface area (Å²) >= 11 is 13.4. The van der Waals surface area contributed by atoms with Crippen LogP contribution in [0.1, 0.15) is 12.2 Å². The van der Waals surface area contributed by atoms with Gasteiger partial charge in [0.15, 0.2) is 0 Å². The largest absolute Gasteiger partial charge is 0.277 e. The van der Waals surface area contributed by atoms with Crippen LogP contribution in [0.3, 0.4) is 0 Å². The van der Waals surface area contributed by atoms with E-state index in [4.69, 9.17) is 23.2 Å². The lowest BCUT2D eigenvalue weighted by molar-refractivity contribution is 0.600. The Labute approximate surface area is 211 Å². The van der Waals surface area contributed by atoms with Gasteiger partial charge in [-0.25, -0.2) is 26.8 Å². The second kappa shape index (κ2) is 9.74. The van der Waals surface area contributed by atoms with Gasteiger partial charge in [-0.3, -0.25) is 9.44 Å². The summed E-state index contributed by atoms with van der Waals surface area (Å²) in [6.45, 7) is 1.73. The first-order valence-corrected chi connectivity index (χ1v) is 14.5. The zero-order valence-corrected chi connectivity index (χ0v) is 21.6. The van der Waals surface area contributed by atoms with Gasteiger partial charge >= 0.3 is 0 Å². The van der Waals surface area contributed by atoms with Crippen molar-refractivity contribution in [2.75, 3.05) is 15.2 Å². The Hall–Kier alpha value is -2.31. The number of hydrogen-bond donors (Lipinski definition) is 2. The van der Waals surface area contributed by atoms with Crippen LogP contribution in [0.4, 0.5) is 11.4 Å². The van der Waals surface area contributed by atoms with Gasteiger partial charge in [0.1, 0.15) is 10.1 Å². The molecule has 0 amide bonds. The van der Waals surface area contributed by atoms with Crippen LogP contribution in [-0.4, -0.2) is 32.6 Å². The molecule has 2 aromatic carbocycles. The van der Waals surface area contributed by atoms with Crippen LogP contribution in [0, 0.1) is 6.92 Å². The molecule has 178 valence electrons. The van der Waals surface area contributed by atoms with E-state index in [9.17, 15) is 16.8 Å². The van der Waals surface area contributed by atoms with E-state index in [1.165, 1.54) is 36.0 Å². The Kier molecular flexibility index (Phi) is 7.11. The molecule has 8 nitrogen and oxygen atoms in total. The molecular formula is C21H18Cl2N4O4S3.